The molecule has 0 radical (unpaired) electrons. The van der Waals surface area contributed by atoms with Crippen molar-refractivity contribution in [1.29, 1.82) is 5.26 Å². The van der Waals surface area contributed by atoms with Crippen LogP contribution in [0.3, 0.4) is 0 Å². The zero-order valence-electron chi connectivity index (χ0n) is 10.2. The molecule has 2 heteroatoms. The maximum absolute atomic E-state index is 9.04. The Morgan fingerprint density at radius 1 is 1.38 bits per heavy atom. The Morgan fingerprint density at radius 2 is 2.19 bits per heavy atom. The summed E-state index contributed by atoms with van der Waals surface area (Å²) in [6.07, 6.45) is 4.45. The standard InChI is InChI=1S/C14H20N2/c1-3-4-5-8-14(11-15)16-13-9-6-7-12(2)10-13/h6-7,9-10,14,16H,3-5,8H2,1-2H3. The number of rotatable bonds is 6. The van der Waals surface area contributed by atoms with E-state index in [-0.39, 0.29) is 6.04 Å². The summed E-state index contributed by atoms with van der Waals surface area (Å²) in [4.78, 5) is 0. The molecule has 0 spiro atoms. The second kappa shape index (κ2) is 6.90. The van der Waals surface area contributed by atoms with Crippen LogP contribution in [0, 0.1) is 18.3 Å². The monoisotopic (exact) mass is 216 g/mol. The van der Waals surface area contributed by atoms with Gasteiger partial charge in [-0.05, 0) is 31.0 Å². The Kier molecular flexibility index (Phi) is 5.42. The highest BCUT2D eigenvalue weighted by Crippen LogP contribution is 2.13. The highest BCUT2D eigenvalue weighted by Gasteiger charge is 2.06. The van der Waals surface area contributed by atoms with Crippen molar-refractivity contribution >= 4 is 5.69 Å². The molecule has 0 bridgehead atoms. The van der Waals surface area contributed by atoms with Crippen LogP contribution in [0.1, 0.15) is 38.2 Å². The van der Waals surface area contributed by atoms with Gasteiger partial charge >= 0.3 is 0 Å². The lowest BCUT2D eigenvalue weighted by Gasteiger charge is -2.12. The fraction of sp³-hybridized carbons (Fsp3) is 0.500. The Bertz CT molecular complexity index is 352. The Balaban J connectivity index is 2.47. The van der Waals surface area contributed by atoms with Gasteiger partial charge in [0, 0.05) is 5.69 Å². The molecule has 1 unspecified atom stereocenters. The van der Waals surface area contributed by atoms with Crippen LogP contribution in [0.25, 0.3) is 0 Å². The number of nitrogens with one attached hydrogen (secondary N) is 1. The molecule has 1 N–H and O–H groups in total. The quantitative estimate of drug-likeness (QED) is 0.732. The van der Waals surface area contributed by atoms with Crippen LogP contribution in [0.5, 0.6) is 0 Å². The second-order valence-electron chi connectivity index (χ2n) is 4.19. The Hall–Kier alpha value is -1.49. The third kappa shape index (κ3) is 4.35. The molecule has 0 saturated heterocycles. The van der Waals surface area contributed by atoms with Crippen molar-refractivity contribution in [3.8, 4) is 6.07 Å². The lowest BCUT2D eigenvalue weighted by Crippen LogP contribution is -2.16. The fourth-order valence-electron chi connectivity index (χ4n) is 1.70. The van der Waals surface area contributed by atoms with Crippen LogP contribution in [0.15, 0.2) is 24.3 Å². The molecule has 0 aromatic heterocycles. The number of unbranched alkanes of at least 4 members (excludes halogenated alkanes) is 2. The number of nitriles is 1. The average molecular weight is 216 g/mol. The first kappa shape index (κ1) is 12.6. The molecular weight excluding hydrogens is 196 g/mol. The van der Waals surface area contributed by atoms with Gasteiger partial charge in [-0.2, -0.15) is 5.26 Å². The van der Waals surface area contributed by atoms with Gasteiger partial charge in [-0.3, -0.25) is 0 Å². The van der Waals surface area contributed by atoms with E-state index in [2.05, 4.69) is 37.4 Å². The maximum atomic E-state index is 9.04. The van der Waals surface area contributed by atoms with E-state index in [1.54, 1.807) is 0 Å². The van der Waals surface area contributed by atoms with Gasteiger partial charge in [0.05, 0.1) is 6.07 Å². The van der Waals surface area contributed by atoms with Crippen LogP contribution in [0.2, 0.25) is 0 Å². The fourth-order valence-corrected chi connectivity index (χ4v) is 1.70. The minimum Gasteiger partial charge on any atom is -0.370 e. The largest absolute Gasteiger partial charge is 0.370 e. The number of anilines is 1. The predicted octanol–water partition coefficient (Wildman–Crippen LogP) is 3.88. The summed E-state index contributed by atoms with van der Waals surface area (Å²) in [6.45, 7) is 4.24. The number of hydrogen-bond donors (Lipinski definition) is 1. The van der Waals surface area contributed by atoms with Crippen LogP contribution in [0.4, 0.5) is 5.69 Å². The SMILES string of the molecule is CCCCCC(C#N)Nc1cccc(C)c1. The highest BCUT2D eigenvalue weighted by molar-refractivity contribution is 5.47. The minimum absolute atomic E-state index is 0.0617. The van der Waals surface area contributed by atoms with E-state index in [0.717, 1.165) is 18.5 Å². The van der Waals surface area contributed by atoms with E-state index in [9.17, 15) is 0 Å². The van der Waals surface area contributed by atoms with Gasteiger partial charge in [-0.25, -0.2) is 0 Å². The molecule has 0 heterocycles. The van der Waals surface area contributed by atoms with E-state index in [0.29, 0.717) is 0 Å². The van der Waals surface area contributed by atoms with E-state index >= 15 is 0 Å². The molecule has 2 nitrogen and oxygen atoms in total. The maximum Gasteiger partial charge on any atom is 0.114 e. The topological polar surface area (TPSA) is 35.8 Å². The Morgan fingerprint density at radius 3 is 2.81 bits per heavy atom. The molecule has 1 aromatic rings. The number of aryl methyl sites for hydroxylation is 1. The van der Waals surface area contributed by atoms with Crippen LogP contribution in [-0.4, -0.2) is 6.04 Å². The van der Waals surface area contributed by atoms with Crippen molar-refractivity contribution in [2.45, 2.75) is 45.6 Å². The lowest BCUT2D eigenvalue weighted by molar-refractivity contribution is 0.646. The Labute approximate surface area is 98.3 Å². The molecule has 16 heavy (non-hydrogen) atoms. The second-order valence-corrected chi connectivity index (χ2v) is 4.19. The van der Waals surface area contributed by atoms with Crippen LogP contribution < -0.4 is 5.32 Å². The van der Waals surface area contributed by atoms with Crippen molar-refractivity contribution in [1.82, 2.24) is 0 Å². The van der Waals surface area contributed by atoms with Crippen molar-refractivity contribution in [2.24, 2.45) is 0 Å². The van der Waals surface area contributed by atoms with Gasteiger partial charge in [0.2, 0.25) is 0 Å². The molecule has 0 fully saturated rings. The molecule has 1 rings (SSSR count). The van der Waals surface area contributed by atoms with E-state index < -0.39 is 0 Å². The summed E-state index contributed by atoms with van der Waals surface area (Å²) in [7, 11) is 0. The molecule has 0 aliphatic rings. The summed E-state index contributed by atoms with van der Waals surface area (Å²) in [5.74, 6) is 0. The summed E-state index contributed by atoms with van der Waals surface area (Å²) in [5, 5.41) is 12.3. The van der Waals surface area contributed by atoms with Crippen molar-refractivity contribution in [3.63, 3.8) is 0 Å². The van der Waals surface area contributed by atoms with Crippen molar-refractivity contribution < 1.29 is 0 Å². The molecule has 0 aliphatic carbocycles. The molecule has 0 amide bonds. The average Bonchev–Trinajstić information content (AvgIpc) is 2.28. The minimum atomic E-state index is -0.0617. The molecule has 1 aromatic carbocycles. The third-order valence-corrected chi connectivity index (χ3v) is 2.61. The molecule has 86 valence electrons. The summed E-state index contributed by atoms with van der Waals surface area (Å²) >= 11 is 0. The zero-order valence-corrected chi connectivity index (χ0v) is 10.2. The van der Waals surface area contributed by atoms with Gasteiger partial charge in [-0.1, -0.05) is 38.3 Å². The summed E-state index contributed by atoms with van der Waals surface area (Å²) < 4.78 is 0. The molecule has 0 aliphatic heterocycles. The van der Waals surface area contributed by atoms with E-state index in [4.69, 9.17) is 5.26 Å². The first-order valence-electron chi connectivity index (χ1n) is 5.99. The van der Waals surface area contributed by atoms with Gasteiger partial charge in [0.15, 0.2) is 0 Å². The first-order chi connectivity index (χ1) is 7.76. The third-order valence-electron chi connectivity index (χ3n) is 2.61. The van der Waals surface area contributed by atoms with Crippen LogP contribution in [-0.2, 0) is 0 Å². The number of hydrogen-bond acceptors (Lipinski definition) is 2. The highest BCUT2D eigenvalue weighted by atomic mass is 14.9. The van der Waals surface area contributed by atoms with E-state index in [1.165, 1.54) is 18.4 Å². The van der Waals surface area contributed by atoms with Gasteiger partial charge in [0.1, 0.15) is 6.04 Å². The molecule has 0 saturated carbocycles. The van der Waals surface area contributed by atoms with Crippen LogP contribution >= 0.6 is 0 Å². The smallest absolute Gasteiger partial charge is 0.114 e. The summed E-state index contributed by atoms with van der Waals surface area (Å²) in [6, 6.07) is 10.4. The van der Waals surface area contributed by atoms with Crippen molar-refractivity contribution in [3.05, 3.63) is 29.8 Å². The predicted molar refractivity (Wildman–Crippen MR) is 68.3 cm³/mol. The first-order valence-corrected chi connectivity index (χ1v) is 5.99. The van der Waals surface area contributed by atoms with Gasteiger partial charge in [0.25, 0.3) is 0 Å². The van der Waals surface area contributed by atoms with Gasteiger partial charge in [-0.15, -0.1) is 0 Å². The lowest BCUT2D eigenvalue weighted by atomic mass is 10.1. The summed E-state index contributed by atoms with van der Waals surface area (Å²) in [5.41, 5.74) is 2.26. The zero-order chi connectivity index (χ0) is 11.8. The molecule has 1 atom stereocenters. The van der Waals surface area contributed by atoms with Gasteiger partial charge < -0.3 is 5.32 Å². The normalized spacial score (nSPS) is 11.8. The van der Waals surface area contributed by atoms with E-state index in [1.807, 2.05) is 12.1 Å². The number of benzene rings is 1. The van der Waals surface area contributed by atoms with Crippen molar-refractivity contribution in [2.75, 3.05) is 5.32 Å². The molecular formula is C14H20N2. The number of nitrogens with zero attached hydrogens (tertiary/aromatic N) is 1.